The van der Waals surface area contributed by atoms with Crippen LogP contribution in [0.3, 0.4) is 0 Å². The van der Waals surface area contributed by atoms with Crippen molar-refractivity contribution in [1.82, 2.24) is 9.88 Å². The Hall–Kier alpha value is -1.69. The summed E-state index contributed by atoms with van der Waals surface area (Å²) in [5.41, 5.74) is 1.04. The predicted octanol–water partition coefficient (Wildman–Crippen LogP) is 4.80. The van der Waals surface area contributed by atoms with Gasteiger partial charge in [0.05, 0.1) is 11.1 Å². The molecule has 1 amide bonds. The van der Waals surface area contributed by atoms with Gasteiger partial charge in [-0.1, -0.05) is 29.8 Å². The minimum Gasteiger partial charge on any atom is -0.337 e. The first-order chi connectivity index (χ1) is 10.6. The third-order valence-corrected chi connectivity index (χ3v) is 5.40. The highest BCUT2D eigenvalue weighted by molar-refractivity contribution is 7.21. The molecule has 0 aliphatic rings. The molecule has 3 rings (SSSR count). The van der Waals surface area contributed by atoms with Gasteiger partial charge in [0.2, 0.25) is 0 Å². The van der Waals surface area contributed by atoms with Crippen LogP contribution >= 0.6 is 34.3 Å². The normalized spacial score (nSPS) is 10.6. The molecule has 2 aromatic heterocycles. The van der Waals surface area contributed by atoms with E-state index < -0.39 is 0 Å². The Labute approximate surface area is 141 Å². The Morgan fingerprint density at radius 1 is 1.27 bits per heavy atom. The first-order valence-corrected chi connectivity index (χ1v) is 8.70. The van der Waals surface area contributed by atoms with Crippen molar-refractivity contribution in [3.05, 3.63) is 63.4 Å². The first-order valence-electron chi connectivity index (χ1n) is 6.63. The Bertz CT molecular complexity index is 766. The van der Waals surface area contributed by atoms with Crippen LogP contribution in [0.4, 0.5) is 0 Å². The van der Waals surface area contributed by atoms with Gasteiger partial charge in [-0.2, -0.15) is 0 Å². The zero-order valence-electron chi connectivity index (χ0n) is 11.8. The minimum atomic E-state index is -0.0183. The van der Waals surface area contributed by atoms with Crippen LogP contribution < -0.4 is 0 Å². The van der Waals surface area contributed by atoms with E-state index in [1.807, 2.05) is 41.8 Å². The van der Waals surface area contributed by atoms with Crippen LogP contribution in [0.2, 0.25) is 5.02 Å². The molecule has 0 N–H and O–H groups in total. The van der Waals surface area contributed by atoms with Crippen LogP contribution in [-0.4, -0.2) is 22.8 Å². The quantitative estimate of drug-likeness (QED) is 0.678. The molecular weight excluding hydrogens is 336 g/mol. The SMILES string of the molecule is CN(Cc1ccc(Cl)cc1)C(=O)c1cnc(-c2cccs2)s1. The maximum absolute atomic E-state index is 12.5. The number of carbonyl (C=O) groups excluding carboxylic acids is 1. The highest BCUT2D eigenvalue weighted by Gasteiger charge is 2.16. The van der Waals surface area contributed by atoms with Crippen LogP contribution in [0.5, 0.6) is 0 Å². The first kappa shape index (κ1) is 15.2. The topological polar surface area (TPSA) is 33.2 Å². The molecule has 0 aliphatic heterocycles. The number of carbonyl (C=O) groups is 1. The average molecular weight is 349 g/mol. The van der Waals surface area contributed by atoms with Crippen LogP contribution in [-0.2, 0) is 6.54 Å². The molecule has 0 aliphatic carbocycles. The molecule has 0 atom stereocenters. The molecule has 0 saturated heterocycles. The standard InChI is InChI=1S/C16H13ClN2OS2/c1-19(10-11-4-6-12(17)7-5-11)16(20)14-9-18-15(22-14)13-3-2-8-21-13/h2-9H,10H2,1H3. The molecular formula is C16H13ClN2OS2. The highest BCUT2D eigenvalue weighted by Crippen LogP contribution is 2.29. The lowest BCUT2D eigenvalue weighted by atomic mass is 10.2. The van der Waals surface area contributed by atoms with Gasteiger partial charge in [-0.15, -0.1) is 22.7 Å². The number of halogens is 1. The Kier molecular flexibility index (Phi) is 4.57. The highest BCUT2D eigenvalue weighted by atomic mass is 35.5. The molecule has 0 saturated carbocycles. The summed E-state index contributed by atoms with van der Waals surface area (Å²) in [6.07, 6.45) is 1.65. The van der Waals surface area contributed by atoms with Crippen molar-refractivity contribution in [3.63, 3.8) is 0 Å². The van der Waals surface area contributed by atoms with Gasteiger partial charge in [0.25, 0.3) is 5.91 Å². The third-order valence-electron chi connectivity index (χ3n) is 3.13. The predicted molar refractivity (Wildman–Crippen MR) is 92.7 cm³/mol. The summed E-state index contributed by atoms with van der Waals surface area (Å²) < 4.78 is 0. The van der Waals surface area contributed by atoms with E-state index in [0.29, 0.717) is 16.4 Å². The van der Waals surface area contributed by atoms with Gasteiger partial charge in [0, 0.05) is 18.6 Å². The number of hydrogen-bond acceptors (Lipinski definition) is 4. The summed E-state index contributed by atoms with van der Waals surface area (Å²) in [7, 11) is 1.79. The summed E-state index contributed by atoms with van der Waals surface area (Å²) in [5.74, 6) is -0.0183. The maximum atomic E-state index is 12.5. The molecule has 0 spiro atoms. The summed E-state index contributed by atoms with van der Waals surface area (Å²) >= 11 is 8.92. The van der Waals surface area contributed by atoms with E-state index in [1.54, 1.807) is 29.5 Å². The van der Waals surface area contributed by atoms with Gasteiger partial charge in [0.15, 0.2) is 0 Å². The molecule has 2 heterocycles. The summed E-state index contributed by atoms with van der Waals surface area (Å²) in [5, 5.41) is 3.59. The van der Waals surface area contributed by atoms with E-state index in [1.165, 1.54) is 11.3 Å². The number of thiophene rings is 1. The fourth-order valence-electron chi connectivity index (χ4n) is 2.01. The van der Waals surface area contributed by atoms with E-state index >= 15 is 0 Å². The molecule has 3 aromatic rings. The van der Waals surface area contributed by atoms with Crippen molar-refractivity contribution < 1.29 is 4.79 Å². The van der Waals surface area contributed by atoms with E-state index in [9.17, 15) is 4.79 Å². The lowest BCUT2D eigenvalue weighted by Gasteiger charge is -2.16. The van der Waals surface area contributed by atoms with Crippen molar-refractivity contribution in [3.8, 4) is 9.88 Å². The van der Waals surface area contributed by atoms with Gasteiger partial charge in [-0.25, -0.2) is 4.98 Å². The molecule has 6 heteroatoms. The van der Waals surface area contributed by atoms with Crippen LogP contribution in [0.1, 0.15) is 15.2 Å². The molecule has 1 aromatic carbocycles. The maximum Gasteiger partial charge on any atom is 0.265 e. The Morgan fingerprint density at radius 3 is 2.73 bits per heavy atom. The lowest BCUT2D eigenvalue weighted by molar-refractivity contribution is 0.0789. The smallest absolute Gasteiger partial charge is 0.265 e. The van der Waals surface area contributed by atoms with Crippen LogP contribution in [0.15, 0.2) is 48.0 Å². The minimum absolute atomic E-state index is 0.0183. The van der Waals surface area contributed by atoms with Crippen molar-refractivity contribution in [1.29, 1.82) is 0 Å². The number of thiazole rings is 1. The zero-order valence-corrected chi connectivity index (χ0v) is 14.2. The van der Waals surface area contributed by atoms with Crippen molar-refractivity contribution in [2.75, 3.05) is 7.05 Å². The summed E-state index contributed by atoms with van der Waals surface area (Å²) in [4.78, 5) is 20.2. The average Bonchev–Trinajstić information content (AvgIpc) is 3.19. The monoisotopic (exact) mass is 348 g/mol. The molecule has 22 heavy (non-hydrogen) atoms. The number of rotatable bonds is 4. The van der Waals surface area contributed by atoms with E-state index in [2.05, 4.69) is 4.98 Å². The summed E-state index contributed by atoms with van der Waals surface area (Å²) in [6, 6.07) is 11.5. The molecule has 112 valence electrons. The molecule has 3 nitrogen and oxygen atoms in total. The number of aromatic nitrogens is 1. The second-order valence-electron chi connectivity index (χ2n) is 4.79. The van der Waals surface area contributed by atoms with Crippen LogP contribution in [0, 0.1) is 0 Å². The fraction of sp³-hybridized carbons (Fsp3) is 0.125. The van der Waals surface area contributed by atoms with Gasteiger partial charge in [-0.05, 0) is 29.1 Å². The number of nitrogens with zero attached hydrogens (tertiary/aromatic N) is 2. The van der Waals surface area contributed by atoms with Gasteiger partial charge >= 0.3 is 0 Å². The third kappa shape index (κ3) is 3.38. The van der Waals surface area contributed by atoms with E-state index in [-0.39, 0.29) is 5.91 Å². The van der Waals surface area contributed by atoms with Gasteiger partial charge < -0.3 is 4.90 Å². The van der Waals surface area contributed by atoms with Gasteiger partial charge in [-0.3, -0.25) is 4.79 Å². The molecule has 0 radical (unpaired) electrons. The van der Waals surface area contributed by atoms with E-state index in [0.717, 1.165) is 15.4 Å². The van der Waals surface area contributed by atoms with Gasteiger partial charge in [0.1, 0.15) is 9.88 Å². The number of benzene rings is 1. The molecule has 0 bridgehead atoms. The van der Waals surface area contributed by atoms with Crippen molar-refractivity contribution >= 4 is 40.2 Å². The van der Waals surface area contributed by atoms with E-state index in [4.69, 9.17) is 11.6 Å². The number of amides is 1. The zero-order chi connectivity index (χ0) is 15.5. The Balaban J connectivity index is 1.72. The molecule has 0 fully saturated rings. The largest absolute Gasteiger partial charge is 0.337 e. The second kappa shape index (κ2) is 6.60. The molecule has 0 unspecified atom stereocenters. The second-order valence-corrected chi connectivity index (χ2v) is 7.21. The lowest BCUT2D eigenvalue weighted by Crippen LogP contribution is -2.25. The number of hydrogen-bond donors (Lipinski definition) is 0. The van der Waals surface area contributed by atoms with Crippen LogP contribution in [0.25, 0.3) is 9.88 Å². The fourth-order valence-corrected chi connectivity index (χ4v) is 3.85. The van der Waals surface area contributed by atoms with Crippen molar-refractivity contribution in [2.24, 2.45) is 0 Å². The van der Waals surface area contributed by atoms with Crippen molar-refractivity contribution in [2.45, 2.75) is 6.54 Å². The Morgan fingerprint density at radius 2 is 2.05 bits per heavy atom. The summed E-state index contributed by atoms with van der Waals surface area (Å²) in [6.45, 7) is 0.544.